The van der Waals surface area contributed by atoms with Gasteiger partial charge in [-0.05, 0) is 43.2 Å². The molecule has 3 aromatic rings. The van der Waals surface area contributed by atoms with E-state index in [0.29, 0.717) is 48.7 Å². The minimum atomic E-state index is -0.0416. The van der Waals surface area contributed by atoms with Crippen molar-refractivity contribution < 1.29 is 14.3 Å². The lowest BCUT2D eigenvalue weighted by Crippen LogP contribution is -2.38. The number of amides is 1. The number of piperidine rings is 1. The Balaban J connectivity index is 1.42. The number of likely N-dealkylation sites (tertiary alicyclic amines) is 1. The smallest absolute Gasteiger partial charge is 0.259 e. The summed E-state index contributed by atoms with van der Waals surface area (Å²) in [5, 5.41) is 1.83. The Labute approximate surface area is 178 Å². The zero-order chi connectivity index (χ0) is 20.2. The van der Waals surface area contributed by atoms with Gasteiger partial charge in [-0.2, -0.15) is 0 Å². The number of rotatable bonds is 6. The fourth-order valence-corrected chi connectivity index (χ4v) is 4.77. The van der Waals surface area contributed by atoms with Gasteiger partial charge >= 0.3 is 0 Å². The van der Waals surface area contributed by atoms with Crippen molar-refractivity contribution in [1.29, 1.82) is 0 Å². The molecular formula is C21H22ClN3O3S. The molecule has 6 nitrogen and oxygen atoms in total. The van der Waals surface area contributed by atoms with E-state index in [1.165, 1.54) is 0 Å². The summed E-state index contributed by atoms with van der Waals surface area (Å²) in [6.45, 7) is 2.18. The van der Waals surface area contributed by atoms with Crippen LogP contribution in [0.3, 0.4) is 0 Å². The number of hydrogen-bond donors (Lipinski definition) is 0. The first kappa shape index (κ1) is 20.1. The Morgan fingerprint density at radius 1 is 1.28 bits per heavy atom. The van der Waals surface area contributed by atoms with Crippen molar-refractivity contribution in [3.63, 3.8) is 0 Å². The Hall–Kier alpha value is -2.22. The van der Waals surface area contributed by atoms with Gasteiger partial charge in [-0.1, -0.05) is 11.6 Å². The van der Waals surface area contributed by atoms with E-state index in [1.807, 2.05) is 23.1 Å². The summed E-state index contributed by atoms with van der Waals surface area (Å²) >= 11 is 7.79. The first-order chi connectivity index (χ1) is 14.2. The van der Waals surface area contributed by atoms with Crippen LogP contribution in [-0.4, -0.2) is 54.2 Å². The van der Waals surface area contributed by atoms with E-state index in [2.05, 4.69) is 4.98 Å². The topological polar surface area (TPSA) is 64.6 Å². The normalized spacial score (nSPS) is 15.0. The van der Waals surface area contributed by atoms with Gasteiger partial charge in [0.15, 0.2) is 0 Å². The minimum Gasteiger partial charge on any atom is -0.475 e. The molecule has 1 fully saturated rings. The summed E-state index contributed by atoms with van der Waals surface area (Å²) in [5.41, 5.74) is 1.45. The highest BCUT2D eigenvalue weighted by Crippen LogP contribution is 2.35. The molecule has 2 aromatic heterocycles. The molecule has 4 rings (SSSR count). The van der Waals surface area contributed by atoms with Gasteiger partial charge in [-0.25, -0.2) is 9.97 Å². The summed E-state index contributed by atoms with van der Waals surface area (Å²) in [4.78, 5) is 23.9. The first-order valence-corrected chi connectivity index (χ1v) is 10.8. The van der Waals surface area contributed by atoms with Gasteiger partial charge in [0.1, 0.15) is 12.2 Å². The second-order valence-corrected chi connectivity index (χ2v) is 8.43. The van der Waals surface area contributed by atoms with Gasteiger partial charge < -0.3 is 14.4 Å². The summed E-state index contributed by atoms with van der Waals surface area (Å²) in [6.07, 6.45) is 3.41. The predicted octanol–water partition coefficient (Wildman–Crippen LogP) is 4.39. The zero-order valence-corrected chi connectivity index (χ0v) is 17.7. The lowest BCUT2D eigenvalue weighted by atomic mass is 9.97. The van der Waals surface area contributed by atoms with E-state index in [4.69, 9.17) is 26.1 Å². The maximum atomic E-state index is 13.0. The number of thiazole rings is 1. The van der Waals surface area contributed by atoms with Crippen LogP contribution in [0.2, 0.25) is 5.02 Å². The van der Waals surface area contributed by atoms with E-state index >= 15 is 0 Å². The molecule has 1 aliphatic rings. The molecule has 0 unspecified atom stereocenters. The number of carbonyl (C=O) groups is 1. The molecule has 8 heteroatoms. The number of aromatic nitrogens is 2. The third-order valence-electron chi connectivity index (χ3n) is 5.03. The highest BCUT2D eigenvalue weighted by atomic mass is 35.5. The number of pyridine rings is 1. The number of ether oxygens (including phenoxy) is 2. The van der Waals surface area contributed by atoms with Crippen LogP contribution in [-0.2, 0) is 4.74 Å². The molecule has 0 radical (unpaired) electrons. The van der Waals surface area contributed by atoms with Gasteiger partial charge in [0, 0.05) is 37.3 Å². The van der Waals surface area contributed by atoms with Crippen molar-refractivity contribution in [2.75, 3.05) is 33.4 Å². The molecule has 0 bridgehead atoms. The van der Waals surface area contributed by atoms with Gasteiger partial charge in [0.25, 0.3) is 5.91 Å². The van der Waals surface area contributed by atoms with Crippen LogP contribution in [0.25, 0.3) is 10.2 Å². The quantitative estimate of drug-likeness (QED) is 0.541. The van der Waals surface area contributed by atoms with E-state index in [9.17, 15) is 4.79 Å². The standard InChI is InChI=1S/C21H22ClN3O3S/c1-27-11-12-28-19-16(3-2-8-23-19)21(26)25-9-6-14(7-10-25)20-24-17-13-15(22)4-5-18(17)29-20/h2-5,8,13-14H,6-7,9-12H2,1H3. The third kappa shape index (κ3) is 4.52. The Morgan fingerprint density at radius 2 is 2.10 bits per heavy atom. The van der Waals surface area contributed by atoms with Crippen molar-refractivity contribution in [2.24, 2.45) is 0 Å². The molecule has 0 saturated carbocycles. The maximum absolute atomic E-state index is 13.0. The SMILES string of the molecule is COCCOc1ncccc1C(=O)N1CCC(c2nc3cc(Cl)ccc3s2)CC1. The highest BCUT2D eigenvalue weighted by molar-refractivity contribution is 7.18. The van der Waals surface area contributed by atoms with Crippen LogP contribution in [0, 0.1) is 0 Å². The third-order valence-corrected chi connectivity index (χ3v) is 6.46. The average molecular weight is 432 g/mol. The molecule has 0 spiro atoms. The van der Waals surface area contributed by atoms with E-state index in [1.54, 1.807) is 36.8 Å². The largest absolute Gasteiger partial charge is 0.475 e. The molecule has 3 heterocycles. The van der Waals surface area contributed by atoms with Crippen molar-refractivity contribution in [2.45, 2.75) is 18.8 Å². The number of nitrogens with zero attached hydrogens (tertiary/aromatic N) is 3. The predicted molar refractivity (Wildman–Crippen MR) is 114 cm³/mol. The van der Waals surface area contributed by atoms with Crippen LogP contribution in [0.1, 0.15) is 34.1 Å². The second-order valence-electron chi connectivity index (χ2n) is 6.93. The summed E-state index contributed by atoms with van der Waals surface area (Å²) in [7, 11) is 1.61. The fraction of sp³-hybridized carbons (Fsp3) is 0.381. The number of benzene rings is 1. The van der Waals surface area contributed by atoms with Crippen LogP contribution >= 0.6 is 22.9 Å². The lowest BCUT2D eigenvalue weighted by Gasteiger charge is -2.31. The second kappa shape index (κ2) is 9.07. The van der Waals surface area contributed by atoms with Crippen LogP contribution in [0.5, 0.6) is 5.88 Å². The molecule has 1 amide bonds. The molecule has 152 valence electrons. The molecule has 0 atom stereocenters. The maximum Gasteiger partial charge on any atom is 0.259 e. The fourth-order valence-electron chi connectivity index (χ4n) is 3.48. The van der Waals surface area contributed by atoms with E-state index < -0.39 is 0 Å². The number of hydrogen-bond acceptors (Lipinski definition) is 6. The van der Waals surface area contributed by atoms with Gasteiger partial charge in [0.05, 0.1) is 21.8 Å². The van der Waals surface area contributed by atoms with Crippen molar-refractivity contribution in [1.82, 2.24) is 14.9 Å². The monoisotopic (exact) mass is 431 g/mol. The molecule has 0 aliphatic carbocycles. The summed E-state index contributed by atoms with van der Waals surface area (Å²) in [6, 6.07) is 9.34. The minimum absolute atomic E-state index is 0.0416. The number of fused-ring (bicyclic) bond motifs is 1. The molecule has 29 heavy (non-hydrogen) atoms. The molecule has 1 aromatic carbocycles. The van der Waals surface area contributed by atoms with Crippen LogP contribution < -0.4 is 4.74 Å². The molecule has 0 N–H and O–H groups in total. The number of methoxy groups -OCH3 is 1. The van der Waals surface area contributed by atoms with E-state index in [-0.39, 0.29) is 5.91 Å². The Bertz CT molecular complexity index is 1000. The summed E-state index contributed by atoms with van der Waals surface area (Å²) < 4.78 is 11.8. The highest BCUT2D eigenvalue weighted by Gasteiger charge is 2.28. The average Bonchev–Trinajstić information content (AvgIpc) is 3.17. The Morgan fingerprint density at radius 3 is 2.90 bits per heavy atom. The number of halogens is 1. The van der Waals surface area contributed by atoms with Crippen LogP contribution in [0.15, 0.2) is 36.5 Å². The molecule has 1 saturated heterocycles. The van der Waals surface area contributed by atoms with E-state index in [0.717, 1.165) is 28.1 Å². The molecule has 1 aliphatic heterocycles. The molecular weight excluding hydrogens is 410 g/mol. The number of carbonyl (C=O) groups excluding carboxylic acids is 1. The van der Waals surface area contributed by atoms with Gasteiger partial charge in [0.2, 0.25) is 5.88 Å². The van der Waals surface area contributed by atoms with Crippen molar-refractivity contribution in [3.05, 3.63) is 52.1 Å². The lowest BCUT2D eigenvalue weighted by molar-refractivity contribution is 0.0704. The van der Waals surface area contributed by atoms with Gasteiger partial charge in [-0.15, -0.1) is 11.3 Å². The van der Waals surface area contributed by atoms with Crippen molar-refractivity contribution >= 4 is 39.1 Å². The van der Waals surface area contributed by atoms with Crippen molar-refractivity contribution in [3.8, 4) is 5.88 Å². The van der Waals surface area contributed by atoms with Gasteiger partial charge in [-0.3, -0.25) is 4.79 Å². The van der Waals surface area contributed by atoms with Crippen LogP contribution in [0.4, 0.5) is 0 Å². The Kier molecular flexibility index (Phi) is 6.28. The zero-order valence-electron chi connectivity index (χ0n) is 16.1. The first-order valence-electron chi connectivity index (χ1n) is 9.57. The summed E-state index contributed by atoms with van der Waals surface area (Å²) in [5.74, 6) is 0.682.